The highest BCUT2D eigenvalue weighted by Gasteiger charge is 2.30. The van der Waals surface area contributed by atoms with Crippen LogP contribution in [-0.4, -0.2) is 14.6 Å². The van der Waals surface area contributed by atoms with Crippen molar-refractivity contribution in [2.24, 2.45) is 0 Å². The molecular formula is C16H12F3N3O. The second kappa shape index (κ2) is 4.97. The van der Waals surface area contributed by atoms with E-state index in [4.69, 9.17) is 0 Å². The molecule has 0 unspecified atom stereocenters. The molecule has 4 nitrogen and oxygen atoms in total. The van der Waals surface area contributed by atoms with Crippen molar-refractivity contribution < 1.29 is 13.2 Å². The fraction of sp³-hybridized carbons (Fsp3) is 0.250. The van der Waals surface area contributed by atoms with E-state index < -0.39 is 17.5 Å². The van der Waals surface area contributed by atoms with Crippen LogP contribution in [0.1, 0.15) is 35.6 Å². The summed E-state index contributed by atoms with van der Waals surface area (Å²) in [4.78, 5) is 17.1. The van der Waals surface area contributed by atoms with Crippen LogP contribution in [0.5, 0.6) is 0 Å². The summed E-state index contributed by atoms with van der Waals surface area (Å²) in [5.74, 6) is -3.83. The lowest BCUT2D eigenvalue weighted by Gasteiger charge is -2.09. The Bertz CT molecular complexity index is 949. The Morgan fingerprint density at radius 2 is 1.91 bits per heavy atom. The molecule has 0 spiro atoms. The van der Waals surface area contributed by atoms with Gasteiger partial charge in [-0.15, -0.1) is 0 Å². The smallest absolute Gasteiger partial charge is 0.276 e. The van der Waals surface area contributed by atoms with Gasteiger partial charge >= 0.3 is 0 Å². The normalized spacial score (nSPS) is 14.6. The monoisotopic (exact) mass is 319 g/mol. The van der Waals surface area contributed by atoms with Crippen LogP contribution in [0.2, 0.25) is 0 Å². The molecular weight excluding hydrogens is 307 g/mol. The van der Waals surface area contributed by atoms with Gasteiger partial charge in [-0.3, -0.25) is 9.89 Å². The minimum absolute atomic E-state index is 0.00769. The second-order valence-electron chi connectivity index (χ2n) is 5.76. The average Bonchev–Trinajstić information content (AvgIpc) is 3.25. The largest absolute Gasteiger partial charge is 0.297 e. The molecule has 1 aromatic carbocycles. The van der Waals surface area contributed by atoms with Gasteiger partial charge < -0.3 is 0 Å². The molecule has 2 heterocycles. The third-order valence-corrected chi connectivity index (χ3v) is 4.06. The number of H-pyrrole nitrogens is 1. The molecule has 1 saturated carbocycles. The Morgan fingerprint density at radius 3 is 2.57 bits per heavy atom. The molecule has 2 aromatic heterocycles. The Balaban J connectivity index is 1.86. The zero-order valence-corrected chi connectivity index (χ0v) is 11.9. The lowest BCUT2D eigenvalue weighted by atomic mass is 10.0. The number of aromatic amines is 1. The Kier molecular flexibility index (Phi) is 3.04. The van der Waals surface area contributed by atoms with Gasteiger partial charge in [-0.25, -0.2) is 22.7 Å². The first-order valence-electron chi connectivity index (χ1n) is 7.27. The minimum atomic E-state index is -1.51. The molecule has 4 rings (SSSR count). The van der Waals surface area contributed by atoms with Gasteiger partial charge in [-0.1, -0.05) is 0 Å². The molecule has 0 aliphatic heterocycles. The van der Waals surface area contributed by atoms with E-state index in [9.17, 15) is 18.0 Å². The number of benzene rings is 1. The molecule has 23 heavy (non-hydrogen) atoms. The van der Waals surface area contributed by atoms with E-state index in [1.807, 2.05) is 0 Å². The highest BCUT2D eigenvalue weighted by atomic mass is 19.2. The summed E-state index contributed by atoms with van der Waals surface area (Å²) in [5, 5.41) is 2.77. The number of rotatable bonds is 3. The maximum atomic E-state index is 13.4. The second-order valence-corrected chi connectivity index (χ2v) is 5.76. The van der Waals surface area contributed by atoms with E-state index in [0.717, 1.165) is 25.0 Å². The molecule has 0 bridgehead atoms. The Hall–Kier alpha value is -2.57. The van der Waals surface area contributed by atoms with Gasteiger partial charge in [0.25, 0.3) is 5.56 Å². The summed E-state index contributed by atoms with van der Waals surface area (Å²) in [6.07, 6.45) is 3.48. The molecule has 1 aliphatic rings. The Morgan fingerprint density at radius 1 is 1.22 bits per heavy atom. The number of hydrogen-bond acceptors (Lipinski definition) is 2. The summed E-state index contributed by atoms with van der Waals surface area (Å²) in [6, 6.07) is 3.52. The van der Waals surface area contributed by atoms with Gasteiger partial charge in [0.05, 0.1) is 5.69 Å². The fourth-order valence-corrected chi connectivity index (χ4v) is 2.79. The van der Waals surface area contributed by atoms with E-state index >= 15 is 0 Å². The summed E-state index contributed by atoms with van der Waals surface area (Å²) < 4.78 is 41.2. The lowest BCUT2D eigenvalue weighted by Crippen LogP contribution is -2.23. The van der Waals surface area contributed by atoms with Crippen molar-refractivity contribution in [2.75, 3.05) is 0 Å². The van der Waals surface area contributed by atoms with Crippen LogP contribution < -0.4 is 5.56 Å². The van der Waals surface area contributed by atoms with Crippen molar-refractivity contribution in [1.29, 1.82) is 0 Å². The van der Waals surface area contributed by atoms with E-state index in [1.165, 1.54) is 4.52 Å². The molecule has 118 valence electrons. The summed E-state index contributed by atoms with van der Waals surface area (Å²) in [7, 11) is 0. The number of nitrogens with zero attached hydrogens (tertiary/aromatic N) is 2. The van der Waals surface area contributed by atoms with Crippen LogP contribution in [-0.2, 0) is 6.42 Å². The van der Waals surface area contributed by atoms with Gasteiger partial charge in [-0.05, 0) is 30.5 Å². The zero-order valence-electron chi connectivity index (χ0n) is 11.9. The highest BCUT2D eigenvalue weighted by molar-refractivity contribution is 5.42. The van der Waals surface area contributed by atoms with E-state index in [1.54, 1.807) is 12.3 Å². The van der Waals surface area contributed by atoms with Gasteiger partial charge in [-0.2, -0.15) is 0 Å². The van der Waals surface area contributed by atoms with Crippen LogP contribution in [0.15, 0.2) is 29.2 Å². The van der Waals surface area contributed by atoms with Gasteiger partial charge in [0.2, 0.25) is 0 Å². The van der Waals surface area contributed by atoms with Crippen molar-refractivity contribution in [2.45, 2.75) is 25.2 Å². The SMILES string of the molecule is O=c1c(Cc2cc(F)c(F)c(F)c2)c(C2CC2)nc2cc[nH]n12. The maximum absolute atomic E-state index is 13.4. The molecule has 1 aliphatic carbocycles. The van der Waals surface area contributed by atoms with E-state index in [2.05, 4.69) is 10.1 Å². The first-order chi connectivity index (χ1) is 11.0. The summed E-state index contributed by atoms with van der Waals surface area (Å²) in [6.45, 7) is 0. The van der Waals surface area contributed by atoms with Crippen LogP contribution >= 0.6 is 0 Å². The third-order valence-electron chi connectivity index (χ3n) is 4.06. The molecule has 7 heteroatoms. The number of halogens is 3. The minimum Gasteiger partial charge on any atom is -0.297 e. The highest BCUT2D eigenvalue weighted by Crippen LogP contribution is 2.40. The van der Waals surface area contributed by atoms with Crippen molar-refractivity contribution >= 4 is 5.65 Å². The number of fused-ring (bicyclic) bond motifs is 1. The topological polar surface area (TPSA) is 50.2 Å². The molecule has 3 aromatic rings. The quantitative estimate of drug-likeness (QED) is 0.755. The first kappa shape index (κ1) is 14.0. The van der Waals surface area contributed by atoms with Crippen molar-refractivity contribution in [3.8, 4) is 0 Å². The third kappa shape index (κ3) is 2.32. The maximum Gasteiger partial charge on any atom is 0.276 e. The number of nitrogens with one attached hydrogen (secondary N) is 1. The molecule has 0 atom stereocenters. The summed E-state index contributed by atoms with van der Waals surface area (Å²) in [5.41, 5.74) is 1.47. The van der Waals surface area contributed by atoms with Gasteiger partial charge in [0.1, 0.15) is 0 Å². The first-order valence-corrected chi connectivity index (χ1v) is 7.27. The van der Waals surface area contributed by atoms with Crippen LogP contribution in [0.3, 0.4) is 0 Å². The molecule has 1 N–H and O–H groups in total. The lowest BCUT2D eigenvalue weighted by molar-refractivity contribution is 0.445. The van der Waals surface area contributed by atoms with Crippen LogP contribution in [0.4, 0.5) is 13.2 Å². The van der Waals surface area contributed by atoms with Crippen molar-refractivity contribution in [3.63, 3.8) is 0 Å². The zero-order chi connectivity index (χ0) is 16.1. The van der Waals surface area contributed by atoms with Crippen molar-refractivity contribution in [1.82, 2.24) is 14.6 Å². The van der Waals surface area contributed by atoms with E-state index in [0.29, 0.717) is 16.9 Å². The number of aromatic nitrogens is 3. The molecule has 0 saturated heterocycles. The number of hydrogen-bond donors (Lipinski definition) is 1. The molecule has 0 radical (unpaired) electrons. The molecule has 1 fully saturated rings. The van der Waals surface area contributed by atoms with Gasteiger partial charge in [0.15, 0.2) is 23.1 Å². The summed E-state index contributed by atoms with van der Waals surface area (Å²) >= 11 is 0. The van der Waals surface area contributed by atoms with Gasteiger partial charge in [0, 0.05) is 30.2 Å². The predicted molar refractivity (Wildman–Crippen MR) is 76.9 cm³/mol. The molecule has 0 amide bonds. The fourth-order valence-electron chi connectivity index (χ4n) is 2.79. The Labute approximate surface area is 128 Å². The van der Waals surface area contributed by atoms with Crippen LogP contribution in [0, 0.1) is 17.5 Å². The standard InChI is InChI=1S/C16H12F3N3O/c17-11-6-8(7-12(18)14(11)19)5-10-15(9-1-2-9)21-13-3-4-20-22(13)16(10)23/h3-4,6-7,9,20H,1-2,5H2. The predicted octanol–water partition coefficient (Wildman–Crippen LogP) is 2.91. The van der Waals surface area contributed by atoms with Crippen molar-refractivity contribution in [3.05, 3.63) is 69.0 Å². The van der Waals surface area contributed by atoms with Crippen LogP contribution in [0.25, 0.3) is 5.65 Å². The van der Waals surface area contributed by atoms with E-state index in [-0.39, 0.29) is 23.5 Å². The average molecular weight is 319 g/mol.